The van der Waals surface area contributed by atoms with Crippen molar-refractivity contribution in [3.63, 3.8) is 0 Å². The average Bonchev–Trinajstić information content (AvgIpc) is 1.85. The van der Waals surface area contributed by atoms with Crippen molar-refractivity contribution < 1.29 is 4.74 Å². The van der Waals surface area contributed by atoms with E-state index in [4.69, 9.17) is 10.5 Å². The highest BCUT2D eigenvalue weighted by Gasteiger charge is 2.22. The van der Waals surface area contributed by atoms with Crippen molar-refractivity contribution in [2.45, 2.75) is 12.5 Å². The summed E-state index contributed by atoms with van der Waals surface area (Å²) in [5.74, 6) is 0. The van der Waals surface area contributed by atoms with E-state index in [9.17, 15) is 0 Å². The highest BCUT2D eigenvalue weighted by atomic mass is 16.5. The van der Waals surface area contributed by atoms with Gasteiger partial charge in [-0.3, -0.25) is 0 Å². The normalized spacial score (nSPS) is 21.0. The van der Waals surface area contributed by atoms with Gasteiger partial charge < -0.3 is 15.4 Å². The summed E-state index contributed by atoms with van der Waals surface area (Å²) in [5, 5.41) is 0. The third-order valence-electron chi connectivity index (χ3n) is 1.73. The Kier molecular flexibility index (Phi) is 3.12. The second-order valence-electron chi connectivity index (χ2n) is 2.86. The SMILES string of the molecule is CN1CC(OCCCN)C1. The van der Waals surface area contributed by atoms with Crippen molar-refractivity contribution in [1.29, 1.82) is 0 Å². The number of hydrogen-bond acceptors (Lipinski definition) is 3. The summed E-state index contributed by atoms with van der Waals surface area (Å²) < 4.78 is 5.47. The van der Waals surface area contributed by atoms with Crippen LogP contribution in [-0.4, -0.2) is 44.3 Å². The topological polar surface area (TPSA) is 38.5 Å². The Bertz CT molecular complexity index is 91.6. The van der Waals surface area contributed by atoms with Gasteiger partial charge in [-0.05, 0) is 20.0 Å². The lowest BCUT2D eigenvalue weighted by molar-refractivity contribution is -0.0431. The van der Waals surface area contributed by atoms with Crippen LogP contribution >= 0.6 is 0 Å². The van der Waals surface area contributed by atoms with Crippen LogP contribution in [0, 0.1) is 0 Å². The molecule has 3 heteroatoms. The molecule has 1 fully saturated rings. The third kappa shape index (κ3) is 2.25. The van der Waals surface area contributed by atoms with Crippen LogP contribution in [0.15, 0.2) is 0 Å². The van der Waals surface area contributed by atoms with Gasteiger partial charge in [-0.1, -0.05) is 0 Å². The van der Waals surface area contributed by atoms with Crippen LogP contribution in [0.2, 0.25) is 0 Å². The van der Waals surface area contributed by atoms with Crippen LogP contribution in [0.25, 0.3) is 0 Å². The molecule has 1 aliphatic heterocycles. The van der Waals surface area contributed by atoms with Crippen molar-refractivity contribution in [2.75, 3.05) is 33.3 Å². The van der Waals surface area contributed by atoms with Crippen LogP contribution < -0.4 is 5.73 Å². The first-order valence-electron chi connectivity index (χ1n) is 3.83. The molecular formula is C7H16N2O. The number of rotatable bonds is 4. The molecule has 1 heterocycles. The van der Waals surface area contributed by atoms with Gasteiger partial charge in [0.1, 0.15) is 0 Å². The van der Waals surface area contributed by atoms with E-state index >= 15 is 0 Å². The van der Waals surface area contributed by atoms with Crippen LogP contribution in [-0.2, 0) is 4.74 Å². The van der Waals surface area contributed by atoms with Crippen molar-refractivity contribution >= 4 is 0 Å². The third-order valence-corrected chi connectivity index (χ3v) is 1.73. The molecule has 0 aromatic rings. The zero-order valence-corrected chi connectivity index (χ0v) is 6.55. The van der Waals surface area contributed by atoms with E-state index in [0.29, 0.717) is 6.10 Å². The molecular weight excluding hydrogens is 128 g/mol. The molecule has 0 radical (unpaired) electrons. The van der Waals surface area contributed by atoms with Gasteiger partial charge in [0.05, 0.1) is 6.10 Å². The summed E-state index contributed by atoms with van der Waals surface area (Å²) in [4.78, 5) is 2.24. The molecule has 1 saturated heterocycles. The first kappa shape index (κ1) is 7.98. The average molecular weight is 144 g/mol. The second-order valence-corrected chi connectivity index (χ2v) is 2.86. The predicted octanol–water partition coefficient (Wildman–Crippen LogP) is -0.334. The largest absolute Gasteiger partial charge is 0.376 e. The molecule has 0 saturated carbocycles. The van der Waals surface area contributed by atoms with E-state index in [1.165, 1.54) is 0 Å². The Labute approximate surface area is 62.1 Å². The molecule has 0 aliphatic carbocycles. The number of hydrogen-bond donors (Lipinski definition) is 1. The minimum Gasteiger partial charge on any atom is -0.376 e. The quantitative estimate of drug-likeness (QED) is 0.549. The van der Waals surface area contributed by atoms with Gasteiger partial charge in [0.25, 0.3) is 0 Å². The fourth-order valence-corrected chi connectivity index (χ4v) is 1.08. The smallest absolute Gasteiger partial charge is 0.0828 e. The molecule has 1 aliphatic rings. The van der Waals surface area contributed by atoms with Crippen LogP contribution in [0.4, 0.5) is 0 Å². The van der Waals surface area contributed by atoms with Crippen LogP contribution in [0.1, 0.15) is 6.42 Å². The lowest BCUT2D eigenvalue weighted by atomic mass is 10.2. The number of likely N-dealkylation sites (N-methyl/N-ethyl adjacent to an activating group) is 1. The summed E-state index contributed by atoms with van der Waals surface area (Å²) in [6.45, 7) is 3.74. The molecule has 0 unspecified atom stereocenters. The van der Waals surface area contributed by atoms with E-state index in [1.54, 1.807) is 0 Å². The Balaban J connectivity index is 1.86. The molecule has 0 aromatic carbocycles. The van der Waals surface area contributed by atoms with Crippen molar-refractivity contribution in [3.8, 4) is 0 Å². The maximum atomic E-state index is 5.47. The maximum absolute atomic E-state index is 5.47. The summed E-state index contributed by atoms with van der Waals surface area (Å²) in [6.07, 6.45) is 1.47. The van der Waals surface area contributed by atoms with E-state index in [0.717, 1.165) is 32.7 Å². The number of nitrogens with zero attached hydrogens (tertiary/aromatic N) is 1. The lowest BCUT2D eigenvalue weighted by Crippen LogP contribution is -2.49. The Hall–Kier alpha value is -0.120. The maximum Gasteiger partial charge on any atom is 0.0828 e. The first-order chi connectivity index (χ1) is 4.83. The van der Waals surface area contributed by atoms with Crippen LogP contribution in [0.5, 0.6) is 0 Å². The zero-order valence-electron chi connectivity index (χ0n) is 6.55. The molecule has 0 bridgehead atoms. The first-order valence-corrected chi connectivity index (χ1v) is 3.83. The molecule has 0 aromatic heterocycles. The summed E-state index contributed by atoms with van der Waals surface area (Å²) in [7, 11) is 2.10. The fourth-order valence-electron chi connectivity index (χ4n) is 1.08. The monoisotopic (exact) mass is 144 g/mol. The van der Waals surface area contributed by atoms with Gasteiger partial charge in [-0.2, -0.15) is 0 Å². The Morgan fingerprint density at radius 1 is 1.60 bits per heavy atom. The Morgan fingerprint density at radius 3 is 2.80 bits per heavy atom. The predicted molar refractivity (Wildman–Crippen MR) is 40.9 cm³/mol. The molecule has 0 spiro atoms. The molecule has 2 N–H and O–H groups in total. The summed E-state index contributed by atoms with van der Waals surface area (Å²) in [6, 6.07) is 0. The minimum atomic E-state index is 0.483. The van der Waals surface area contributed by atoms with Gasteiger partial charge in [0.2, 0.25) is 0 Å². The van der Waals surface area contributed by atoms with Gasteiger partial charge in [-0.15, -0.1) is 0 Å². The highest BCUT2D eigenvalue weighted by Crippen LogP contribution is 2.07. The zero-order chi connectivity index (χ0) is 7.40. The number of likely N-dealkylation sites (tertiary alicyclic amines) is 1. The van der Waals surface area contributed by atoms with Crippen molar-refractivity contribution in [2.24, 2.45) is 5.73 Å². The minimum absolute atomic E-state index is 0.483. The van der Waals surface area contributed by atoms with E-state index in [-0.39, 0.29) is 0 Å². The second kappa shape index (κ2) is 3.91. The van der Waals surface area contributed by atoms with E-state index in [2.05, 4.69) is 11.9 Å². The van der Waals surface area contributed by atoms with Gasteiger partial charge >= 0.3 is 0 Å². The van der Waals surface area contributed by atoms with Crippen molar-refractivity contribution in [1.82, 2.24) is 4.90 Å². The molecule has 60 valence electrons. The molecule has 1 rings (SSSR count). The van der Waals surface area contributed by atoms with Gasteiger partial charge in [0.15, 0.2) is 0 Å². The van der Waals surface area contributed by atoms with Gasteiger partial charge in [-0.25, -0.2) is 0 Å². The fraction of sp³-hybridized carbons (Fsp3) is 1.00. The van der Waals surface area contributed by atoms with Gasteiger partial charge in [0, 0.05) is 19.7 Å². The Morgan fingerprint density at radius 2 is 2.30 bits per heavy atom. The standard InChI is InChI=1S/C7H16N2O/c1-9-5-7(6-9)10-4-2-3-8/h7H,2-6,8H2,1H3. The van der Waals surface area contributed by atoms with E-state index in [1.807, 2.05) is 0 Å². The summed E-state index contributed by atoms with van der Waals surface area (Å²) in [5.41, 5.74) is 5.31. The highest BCUT2D eigenvalue weighted by molar-refractivity contribution is 4.76. The summed E-state index contributed by atoms with van der Waals surface area (Å²) >= 11 is 0. The molecule has 0 amide bonds. The number of ether oxygens (including phenoxy) is 1. The van der Waals surface area contributed by atoms with Crippen LogP contribution in [0.3, 0.4) is 0 Å². The lowest BCUT2D eigenvalue weighted by Gasteiger charge is -2.35. The molecule has 10 heavy (non-hydrogen) atoms. The van der Waals surface area contributed by atoms with Crippen molar-refractivity contribution in [3.05, 3.63) is 0 Å². The molecule has 0 atom stereocenters. The molecule has 3 nitrogen and oxygen atoms in total. The van der Waals surface area contributed by atoms with E-state index < -0.39 is 0 Å². The number of nitrogens with two attached hydrogens (primary N) is 1.